The van der Waals surface area contributed by atoms with Gasteiger partial charge in [0.15, 0.2) is 12.1 Å². The van der Waals surface area contributed by atoms with Gasteiger partial charge in [0.1, 0.15) is 18.2 Å². The number of ether oxygens (including phenoxy) is 1. The minimum Gasteiger partial charge on any atom is -0.492 e. The molecule has 7 nitrogen and oxygen atoms in total. The number of para-hydroxylation sites is 1. The molecule has 2 aliphatic heterocycles. The Hall–Kier alpha value is -3.32. The van der Waals surface area contributed by atoms with Crippen LogP contribution in [0.4, 0.5) is 5.82 Å². The summed E-state index contributed by atoms with van der Waals surface area (Å²) >= 11 is 0. The number of anilines is 1. The number of hydrogen-bond donors (Lipinski definition) is 3. The minimum atomic E-state index is -0.232. The van der Waals surface area contributed by atoms with Crippen LogP contribution in [-0.4, -0.2) is 46.9 Å². The summed E-state index contributed by atoms with van der Waals surface area (Å²) in [6.45, 7) is 3.01. The number of nitrogens with one attached hydrogen (secondary N) is 3. The molecule has 148 valence electrons. The van der Waals surface area contributed by atoms with Crippen LogP contribution < -0.4 is 15.4 Å². The number of hydrogen-bond acceptors (Lipinski definition) is 6. The number of aliphatic imine (C=N–C) groups is 1. The van der Waals surface area contributed by atoms with E-state index in [2.05, 4.69) is 50.0 Å². The first-order valence-corrected chi connectivity index (χ1v) is 9.99. The Morgan fingerprint density at radius 1 is 1.07 bits per heavy atom. The van der Waals surface area contributed by atoms with Gasteiger partial charge >= 0.3 is 0 Å². The van der Waals surface area contributed by atoms with Gasteiger partial charge in [0.05, 0.1) is 11.3 Å². The van der Waals surface area contributed by atoms with Crippen LogP contribution in [0.25, 0.3) is 0 Å². The van der Waals surface area contributed by atoms with Crippen LogP contribution in [0.1, 0.15) is 16.8 Å². The van der Waals surface area contributed by atoms with Gasteiger partial charge in [-0.25, -0.2) is 4.99 Å². The minimum absolute atomic E-state index is 0.232. The number of rotatable bonds is 7. The van der Waals surface area contributed by atoms with Crippen molar-refractivity contribution in [3.05, 3.63) is 77.5 Å². The van der Waals surface area contributed by atoms with Gasteiger partial charge in [-0.2, -0.15) is 5.10 Å². The van der Waals surface area contributed by atoms with Crippen LogP contribution in [0.15, 0.2) is 65.7 Å². The topological polar surface area (TPSA) is 77.6 Å². The van der Waals surface area contributed by atoms with Crippen molar-refractivity contribution in [2.24, 2.45) is 4.99 Å². The zero-order chi connectivity index (χ0) is 19.5. The van der Waals surface area contributed by atoms with E-state index >= 15 is 0 Å². The molecule has 0 radical (unpaired) electrons. The van der Waals surface area contributed by atoms with E-state index in [-0.39, 0.29) is 6.29 Å². The molecule has 1 aromatic heterocycles. The monoisotopic (exact) mass is 388 g/mol. The standard InChI is InChI=1S/C22H24N6O/c1-3-7-16(8-4-1)15-28-13-11-18-19-20(27-26-18)24-22(25-21(19)28)23-12-14-29-17-9-5-2-6-10-17/h1-10,22-23H,11-15H2,(H2,24,26,27). The fourth-order valence-electron chi connectivity index (χ4n) is 3.78. The van der Waals surface area contributed by atoms with Gasteiger partial charge in [0.25, 0.3) is 0 Å². The summed E-state index contributed by atoms with van der Waals surface area (Å²) in [6.07, 6.45) is 0.711. The number of amidine groups is 1. The number of aromatic nitrogens is 2. The van der Waals surface area contributed by atoms with E-state index in [0.717, 1.165) is 48.2 Å². The van der Waals surface area contributed by atoms with Gasteiger partial charge in [0, 0.05) is 26.1 Å². The molecule has 1 atom stereocenters. The maximum Gasteiger partial charge on any atom is 0.177 e. The third-order valence-electron chi connectivity index (χ3n) is 5.19. The lowest BCUT2D eigenvalue weighted by molar-refractivity contribution is 0.307. The summed E-state index contributed by atoms with van der Waals surface area (Å²) in [5.41, 5.74) is 3.54. The normalized spacial score (nSPS) is 17.3. The Morgan fingerprint density at radius 2 is 1.86 bits per heavy atom. The summed E-state index contributed by atoms with van der Waals surface area (Å²) in [6, 6.07) is 20.4. The molecule has 2 aromatic carbocycles. The maximum atomic E-state index is 5.76. The molecule has 7 heteroatoms. The Labute approximate surface area is 169 Å². The van der Waals surface area contributed by atoms with Gasteiger partial charge in [0.2, 0.25) is 0 Å². The van der Waals surface area contributed by atoms with E-state index in [1.165, 1.54) is 5.56 Å². The molecule has 0 bridgehead atoms. The van der Waals surface area contributed by atoms with Gasteiger partial charge in [-0.05, 0) is 17.7 Å². The molecule has 0 saturated heterocycles. The van der Waals surface area contributed by atoms with Crippen molar-refractivity contribution < 1.29 is 4.74 Å². The zero-order valence-electron chi connectivity index (χ0n) is 16.1. The number of H-pyrrole nitrogens is 1. The van der Waals surface area contributed by atoms with E-state index in [1.54, 1.807) is 0 Å². The van der Waals surface area contributed by atoms with E-state index < -0.39 is 0 Å². The van der Waals surface area contributed by atoms with Crippen LogP contribution >= 0.6 is 0 Å². The lowest BCUT2D eigenvalue weighted by Gasteiger charge is -2.34. The molecule has 3 aromatic rings. The fraction of sp³-hybridized carbons (Fsp3) is 0.273. The first-order valence-electron chi connectivity index (χ1n) is 9.99. The van der Waals surface area contributed by atoms with Crippen LogP contribution in [0.3, 0.4) is 0 Å². The van der Waals surface area contributed by atoms with E-state index in [1.807, 2.05) is 36.4 Å². The maximum absolute atomic E-state index is 5.76. The fourth-order valence-corrected chi connectivity index (χ4v) is 3.78. The quantitative estimate of drug-likeness (QED) is 0.543. The highest BCUT2D eigenvalue weighted by atomic mass is 16.5. The lowest BCUT2D eigenvalue weighted by Crippen LogP contribution is -2.46. The van der Waals surface area contributed by atoms with Gasteiger partial charge in [-0.1, -0.05) is 48.5 Å². The highest BCUT2D eigenvalue weighted by molar-refractivity contribution is 6.06. The second-order valence-electron chi connectivity index (χ2n) is 7.20. The van der Waals surface area contributed by atoms with Crippen molar-refractivity contribution in [2.75, 3.05) is 25.0 Å². The lowest BCUT2D eigenvalue weighted by atomic mass is 10.0. The van der Waals surface area contributed by atoms with Gasteiger partial charge < -0.3 is 15.0 Å². The zero-order valence-corrected chi connectivity index (χ0v) is 16.1. The molecule has 29 heavy (non-hydrogen) atoms. The molecular weight excluding hydrogens is 364 g/mol. The number of nitrogens with zero attached hydrogens (tertiary/aromatic N) is 3. The highest BCUT2D eigenvalue weighted by Gasteiger charge is 2.32. The van der Waals surface area contributed by atoms with Crippen molar-refractivity contribution in [1.82, 2.24) is 20.4 Å². The number of aromatic amines is 1. The van der Waals surface area contributed by atoms with E-state index in [4.69, 9.17) is 9.73 Å². The van der Waals surface area contributed by atoms with Gasteiger partial charge in [-0.3, -0.25) is 10.4 Å². The average Bonchev–Trinajstić information content (AvgIpc) is 3.19. The first kappa shape index (κ1) is 17.8. The summed E-state index contributed by atoms with van der Waals surface area (Å²) in [4.78, 5) is 7.29. The summed E-state index contributed by atoms with van der Waals surface area (Å²) < 4.78 is 5.76. The molecule has 2 aliphatic rings. The van der Waals surface area contributed by atoms with E-state index in [0.29, 0.717) is 13.2 Å². The molecule has 0 saturated carbocycles. The SMILES string of the molecule is c1ccc(CN2CCc3[nH]nc4c3C2=NC(NCCOc2ccccc2)N4)cc1. The van der Waals surface area contributed by atoms with E-state index in [9.17, 15) is 0 Å². The molecule has 5 rings (SSSR count). The Kier molecular flexibility index (Phi) is 4.88. The van der Waals surface area contributed by atoms with Crippen molar-refractivity contribution in [3.8, 4) is 5.75 Å². The highest BCUT2D eigenvalue weighted by Crippen LogP contribution is 2.29. The third-order valence-corrected chi connectivity index (χ3v) is 5.19. The Bertz CT molecular complexity index is 985. The largest absolute Gasteiger partial charge is 0.492 e. The molecule has 0 spiro atoms. The predicted molar refractivity (Wildman–Crippen MR) is 113 cm³/mol. The average molecular weight is 388 g/mol. The van der Waals surface area contributed by atoms with Crippen LogP contribution in [0.2, 0.25) is 0 Å². The van der Waals surface area contributed by atoms with Crippen LogP contribution in [0, 0.1) is 0 Å². The molecule has 1 unspecified atom stereocenters. The van der Waals surface area contributed by atoms with Crippen LogP contribution in [-0.2, 0) is 13.0 Å². The first-order chi connectivity index (χ1) is 14.4. The second-order valence-corrected chi connectivity index (χ2v) is 7.20. The van der Waals surface area contributed by atoms with Crippen LogP contribution in [0.5, 0.6) is 5.75 Å². The predicted octanol–water partition coefficient (Wildman–Crippen LogP) is 2.59. The molecule has 0 amide bonds. The second kappa shape index (κ2) is 7.97. The summed E-state index contributed by atoms with van der Waals surface area (Å²) in [5.74, 6) is 2.74. The molecule has 3 heterocycles. The van der Waals surface area contributed by atoms with Gasteiger partial charge in [-0.15, -0.1) is 0 Å². The van der Waals surface area contributed by atoms with Crippen molar-refractivity contribution in [1.29, 1.82) is 0 Å². The summed E-state index contributed by atoms with van der Waals surface area (Å²) in [5, 5.41) is 14.4. The number of benzene rings is 2. The summed E-state index contributed by atoms with van der Waals surface area (Å²) in [7, 11) is 0. The molecule has 0 fully saturated rings. The van der Waals surface area contributed by atoms with Crippen molar-refractivity contribution in [3.63, 3.8) is 0 Å². The third kappa shape index (κ3) is 3.82. The molecule has 0 aliphatic carbocycles. The Morgan fingerprint density at radius 3 is 2.69 bits per heavy atom. The smallest absolute Gasteiger partial charge is 0.177 e. The van der Waals surface area contributed by atoms with Crippen molar-refractivity contribution in [2.45, 2.75) is 19.3 Å². The van der Waals surface area contributed by atoms with Crippen molar-refractivity contribution >= 4 is 11.7 Å². The Balaban J connectivity index is 1.27. The molecule has 3 N–H and O–H groups in total. The molecular formula is C22H24N6O.